The molecular weight excluding hydrogens is 533 g/mol. The molecule has 1 amide bonds. The van der Waals surface area contributed by atoms with Crippen LogP contribution in [-0.2, 0) is 26.0 Å². The number of thiazole rings is 1. The standard InChI is InChI=1S/C26H24FN3O6S2/c1-3-36-14-13-30-22-12-7-18(25(32)35-2)16-23(22)37-26(30)28-24(31)17-5-4-6-20(15-17)29-38(33,34)21-10-8-19(27)9-11-21/h4-12,15-16,29H,3,13-14H2,1-2H3. The molecule has 0 fully saturated rings. The molecule has 0 bridgehead atoms. The van der Waals surface area contributed by atoms with Crippen LogP contribution < -0.4 is 9.52 Å². The minimum absolute atomic E-state index is 0.118. The first-order chi connectivity index (χ1) is 18.2. The summed E-state index contributed by atoms with van der Waals surface area (Å²) in [4.78, 5) is 29.7. The number of methoxy groups -OCH3 is 1. The minimum Gasteiger partial charge on any atom is -0.465 e. The quantitative estimate of drug-likeness (QED) is 0.244. The number of benzene rings is 3. The fourth-order valence-electron chi connectivity index (χ4n) is 3.61. The van der Waals surface area contributed by atoms with Crippen molar-refractivity contribution in [2.24, 2.45) is 4.99 Å². The first-order valence-electron chi connectivity index (χ1n) is 11.5. The first kappa shape index (κ1) is 27.2. The zero-order chi connectivity index (χ0) is 27.3. The van der Waals surface area contributed by atoms with Gasteiger partial charge in [0.25, 0.3) is 15.9 Å². The maximum Gasteiger partial charge on any atom is 0.337 e. The van der Waals surface area contributed by atoms with Gasteiger partial charge in [0.05, 0.1) is 34.4 Å². The first-order valence-corrected chi connectivity index (χ1v) is 13.8. The van der Waals surface area contributed by atoms with Crippen LogP contribution in [0.25, 0.3) is 10.2 Å². The minimum atomic E-state index is -3.99. The van der Waals surface area contributed by atoms with Gasteiger partial charge in [-0.25, -0.2) is 17.6 Å². The number of anilines is 1. The van der Waals surface area contributed by atoms with E-state index < -0.39 is 27.7 Å². The number of esters is 1. The number of nitrogens with zero attached hydrogens (tertiary/aromatic N) is 2. The van der Waals surface area contributed by atoms with Crippen LogP contribution in [0.4, 0.5) is 10.1 Å². The highest BCUT2D eigenvalue weighted by atomic mass is 32.2. The summed E-state index contributed by atoms with van der Waals surface area (Å²) in [5, 5.41) is 0. The summed E-state index contributed by atoms with van der Waals surface area (Å²) in [5.41, 5.74) is 1.46. The number of amides is 1. The topological polar surface area (TPSA) is 116 Å². The summed E-state index contributed by atoms with van der Waals surface area (Å²) in [5.74, 6) is -1.62. The van der Waals surface area contributed by atoms with Gasteiger partial charge in [-0.05, 0) is 67.6 Å². The highest BCUT2D eigenvalue weighted by molar-refractivity contribution is 7.92. The fraction of sp³-hybridized carbons (Fsp3) is 0.192. The lowest BCUT2D eigenvalue weighted by molar-refractivity contribution is 0.0600. The van der Waals surface area contributed by atoms with Crippen molar-refractivity contribution in [3.05, 3.63) is 88.5 Å². The average Bonchev–Trinajstić information content (AvgIpc) is 3.24. The van der Waals surface area contributed by atoms with Crippen LogP contribution in [0.5, 0.6) is 0 Å². The number of sulfonamides is 1. The molecule has 1 N–H and O–H groups in total. The molecule has 4 aromatic rings. The van der Waals surface area contributed by atoms with Gasteiger partial charge in [-0.1, -0.05) is 17.4 Å². The molecule has 0 unspecified atom stereocenters. The molecule has 1 heterocycles. The van der Waals surface area contributed by atoms with Crippen molar-refractivity contribution in [1.29, 1.82) is 0 Å². The average molecular weight is 558 g/mol. The van der Waals surface area contributed by atoms with Crippen molar-refractivity contribution in [2.75, 3.05) is 25.0 Å². The van der Waals surface area contributed by atoms with Crippen molar-refractivity contribution >= 4 is 49.1 Å². The zero-order valence-electron chi connectivity index (χ0n) is 20.5. The van der Waals surface area contributed by atoms with Gasteiger partial charge in [0.2, 0.25) is 0 Å². The lowest BCUT2D eigenvalue weighted by atomic mass is 10.2. The summed E-state index contributed by atoms with van der Waals surface area (Å²) in [6, 6.07) is 15.4. The molecule has 0 aliphatic carbocycles. The third-order valence-corrected chi connectivity index (χ3v) is 7.89. The Balaban J connectivity index is 1.68. The Labute approximate surface area is 222 Å². The number of carbonyl (C=O) groups excluding carboxylic acids is 2. The molecule has 0 saturated heterocycles. The molecule has 0 radical (unpaired) electrons. The van der Waals surface area contributed by atoms with Crippen molar-refractivity contribution in [2.45, 2.75) is 18.4 Å². The molecule has 0 atom stereocenters. The van der Waals surface area contributed by atoms with Gasteiger partial charge < -0.3 is 14.0 Å². The number of fused-ring (bicyclic) bond motifs is 1. The van der Waals surface area contributed by atoms with E-state index >= 15 is 0 Å². The second kappa shape index (κ2) is 11.7. The van der Waals surface area contributed by atoms with E-state index in [2.05, 4.69) is 9.71 Å². The van der Waals surface area contributed by atoms with Crippen LogP contribution in [0, 0.1) is 5.82 Å². The van der Waals surface area contributed by atoms with Crippen molar-refractivity contribution in [1.82, 2.24) is 4.57 Å². The molecule has 12 heteroatoms. The fourth-order valence-corrected chi connectivity index (χ4v) is 5.76. The van der Waals surface area contributed by atoms with E-state index in [0.717, 1.165) is 34.5 Å². The van der Waals surface area contributed by atoms with Crippen molar-refractivity contribution in [3.63, 3.8) is 0 Å². The van der Waals surface area contributed by atoms with Crippen molar-refractivity contribution in [3.8, 4) is 0 Å². The smallest absolute Gasteiger partial charge is 0.337 e. The molecule has 0 saturated carbocycles. The number of halogens is 1. The number of hydrogen-bond acceptors (Lipinski definition) is 7. The largest absolute Gasteiger partial charge is 0.465 e. The van der Waals surface area contributed by atoms with Crippen LogP contribution in [0.2, 0.25) is 0 Å². The monoisotopic (exact) mass is 557 g/mol. The predicted octanol–water partition coefficient (Wildman–Crippen LogP) is 4.21. The van der Waals surface area contributed by atoms with E-state index in [9.17, 15) is 22.4 Å². The molecule has 1 aromatic heterocycles. The summed E-state index contributed by atoms with van der Waals surface area (Å²) in [7, 11) is -2.69. The van der Waals surface area contributed by atoms with Crippen LogP contribution in [0.1, 0.15) is 27.6 Å². The molecule has 3 aromatic carbocycles. The van der Waals surface area contributed by atoms with E-state index in [4.69, 9.17) is 9.47 Å². The number of nitrogens with one attached hydrogen (secondary N) is 1. The molecule has 38 heavy (non-hydrogen) atoms. The van der Waals surface area contributed by atoms with Crippen LogP contribution in [-0.4, -0.2) is 45.2 Å². The van der Waals surface area contributed by atoms with Gasteiger partial charge in [0, 0.05) is 24.4 Å². The Hall–Kier alpha value is -3.87. The molecular formula is C26H24FN3O6S2. The van der Waals surface area contributed by atoms with Crippen LogP contribution in [0.3, 0.4) is 0 Å². The van der Waals surface area contributed by atoms with Gasteiger partial charge in [0.1, 0.15) is 5.82 Å². The third-order valence-electron chi connectivity index (χ3n) is 5.45. The molecule has 0 aliphatic rings. The number of carbonyl (C=O) groups is 2. The molecule has 0 aliphatic heterocycles. The normalized spacial score (nSPS) is 12.0. The lowest BCUT2D eigenvalue weighted by Crippen LogP contribution is -2.20. The number of hydrogen-bond donors (Lipinski definition) is 1. The van der Waals surface area contributed by atoms with Gasteiger partial charge in [-0.2, -0.15) is 4.99 Å². The van der Waals surface area contributed by atoms with Crippen LogP contribution >= 0.6 is 11.3 Å². The molecule has 198 valence electrons. The molecule has 4 rings (SSSR count). The molecule has 9 nitrogen and oxygen atoms in total. The Morgan fingerprint density at radius 3 is 2.53 bits per heavy atom. The third kappa shape index (κ3) is 6.15. The zero-order valence-corrected chi connectivity index (χ0v) is 22.1. The van der Waals surface area contributed by atoms with E-state index in [0.29, 0.717) is 30.1 Å². The van der Waals surface area contributed by atoms with Crippen molar-refractivity contribution < 1.29 is 31.9 Å². The Bertz CT molecular complexity index is 1660. The second-order valence-corrected chi connectivity index (χ2v) is 10.7. The number of ether oxygens (including phenoxy) is 2. The van der Waals surface area contributed by atoms with E-state index in [1.165, 1.54) is 42.7 Å². The Kier molecular flexibility index (Phi) is 8.35. The lowest BCUT2D eigenvalue weighted by Gasteiger charge is -2.09. The molecule has 0 spiro atoms. The predicted molar refractivity (Wildman–Crippen MR) is 141 cm³/mol. The Morgan fingerprint density at radius 2 is 1.82 bits per heavy atom. The summed E-state index contributed by atoms with van der Waals surface area (Å²) >= 11 is 1.23. The van der Waals surface area contributed by atoms with Gasteiger partial charge >= 0.3 is 5.97 Å². The van der Waals surface area contributed by atoms with E-state index in [1.54, 1.807) is 18.2 Å². The van der Waals surface area contributed by atoms with Gasteiger partial charge in [-0.3, -0.25) is 9.52 Å². The number of aromatic nitrogens is 1. The van der Waals surface area contributed by atoms with Gasteiger partial charge in [-0.15, -0.1) is 0 Å². The maximum absolute atomic E-state index is 13.2. The second-order valence-electron chi connectivity index (χ2n) is 7.96. The summed E-state index contributed by atoms with van der Waals surface area (Å²) in [6.07, 6.45) is 0. The SMILES string of the molecule is CCOCCn1c(=NC(=O)c2cccc(NS(=O)(=O)c3ccc(F)cc3)c2)sc2cc(C(=O)OC)ccc21. The van der Waals surface area contributed by atoms with Crippen LogP contribution in [0.15, 0.2) is 76.6 Å². The summed E-state index contributed by atoms with van der Waals surface area (Å²) < 4.78 is 53.8. The van der Waals surface area contributed by atoms with E-state index in [-0.39, 0.29) is 16.1 Å². The summed E-state index contributed by atoms with van der Waals surface area (Å²) in [6.45, 7) is 3.23. The highest BCUT2D eigenvalue weighted by Crippen LogP contribution is 2.21. The van der Waals surface area contributed by atoms with E-state index in [1.807, 2.05) is 11.5 Å². The van der Waals surface area contributed by atoms with Gasteiger partial charge in [0.15, 0.2) is 4.80 Å². The highest BCUT2D eigenvalue weighted by Gasteiger charge is 2.16. The maximum atomic E-state index is 13.2. The number of rotatable bonds is 9. The Morgan fingerprint density at radius 1 is 1.05 bits per heavy atom.